The number of carbonyl (C=O) groups is 1. The van der Waals surface area contributed by atoms with Crippen molar-refractivity contribution in [1.82, 2.24) is 0 Å². The molecular weight excluding hydrogens is 376 g/mol. The first-order valence-electron chi connectivity index (χ1n) is 8.93. The van der Waals surface area contributed by atoms with Gasteiger partial charge < -0.3 is 9.64 Å². The van der Waals surface area contributed by atoms with Crippen molar-refractivity contribution < 1.29 is 17.9 Å². The summed E-state index contributed by atoms with van der Waals surface area (Å²) in [6.45, 7) is 9.73. The van der Waals surface area contributed by atoms with Crippen LogP contribution < -0.4 is 14.4 Å². The van der Waals surface area contributed by atoms with Crippen LogP contribution in [0, 0.1) is 12.3 Å². The molecule has 148 valence electrons. The number of benzene rings is 2. The second-order valence-corrected chi connectivity index (χ2v) is 9.16. The molecule has 2 aromatic carbocycles. The largest absolute Gasteiger partial charge is 0.490 e. The summed E-state index contributed by atoms with van der Waals surface area (Å²) in [5.74, 6) is 0.379. The van der Waals surface area contributed by atoms with Crippen LogP contribution in [0.25, 0.3) is 0 Å². The summed E-state index contributed by atoms with van der Waals surface area (Å²) in [6, 6.07) is 11.6. The van der Waals surface area contributed by atoms with Crippen LogP contribution in [0.2, 0.25) is 0 Å². The number of hydrogen-bond acceptors (Lipinski definition) is 4. The number of sulfonamides is 1. The monoisotopic (exact) mass is 400 g/mol. The van der Waals surface area contributed by atoms with Gasteiger partial charge in [-0.25, -0.2) is 8.42 Å². The number of hydrogen-bond donors (Lipinski definition) is 1. The van der Waals surface area contributed by atoms with Gasteiger partial charge in [-0.15, -0.1) is 6.58 Å². The minimum atomic E-state index is -3.73. The Bertz CT molecular complexity index is 1030. The number of carbonyl (C=O) groups excluding carboxylic acids is 1. The molecule has 3 rings (SSSR count). The molecule has 1 amide bonds. The summed E-state index contributed by atoms with van der Waals surface area (Å²) in [4.78, 5) is 14.6. The second kappa shape index (κ2) is 7.31. The van der Waals surface area contributed by atoms with E-state index in [2.05, 4.69) is 11.3 Å². The first-order chi connectivity index (χ1) is 13.1. The highest BCUT2D eigenvalue weighted by atomic mass is 32.2. The van der Waals surface area contributed by atoms with Crippen molar-refractivity contribution >= 4 is 27.3 Å². The Hall–Kier alpha value is -2.80. The molecule has 0 atom stereocenters. The molecule has 28 heavy (non-hydrogen) atoms. The average molecular weight is 401 g/mol. The Morgan fingerprint density at radius 3 is 2.68 bits per heavy atom. The minimum absolute atomic E-state index is 0.0701. The van der Waals surface area contributed by atoms with Crippen molar-refractivity contribution in [2.75, 3.05) is 22.8 Å². The van der Waals surface area contributed by atoms with E-state index < -0.39 is 15.4 Å². The maximum atomic E-state index is 12.8. The van der Waals surface area contributed by atoms with Crippen LogP contribution in [-0.2, 0) is 14.8 Å². The van der Waals surface area contributed by atoms with Gasteiger partial charge in [0.1, 0.15) is 12.4 Å². The summed E-state index contributed by atoms with van der Waals surface area (Å²) in [5.41, 5.74) is 1.11. The van der Waals surface area contributed by atoms with Crippen LogP contribution in [0.5, 0.6) is 5.75 Å². The molecule has 0 bridgehead atoms. The Morgan fingerprint density at radius 2 is 2.00 bits per heavy atom. The van der Waals surface area contributed by atoms with E-state index in [-0.39, 0.29) is 17.4 Å². The molecule has 0 fully saturated rings. The number of amides is 1. The molecule has 0 aliphatic carbocycles. The number of nitrogens with zero attached hydrogens (tertiary/aromatic N) is 1. The van der Waals surface area contributed by atoms with Crippen molar-refractivity contribution in [1.29, 1.82) is 0 Å². The maximum absolute atomic E-state index is 12.8. The summed E-state index contributed by atoms with van der Waals surface area (Å²) >= 11 is 0. The molecule has 1 aliphatic rings. The predicted octanol–water partition coefficient (Wildman–Crippen LogP) is 3.73. The summed E-state index contributed by atoms with van der Waals surface area (Å²) < 4.78 is 33.8. The zero-order valence-electron chi connectivity index (χ0n) is 16.2. The van der Waals surface area contributed by atoms with E-state index in [9.17, 15) is 13.2 Å². The van der Waals surface area contributed by atoms with Crippen molar-refractivity contribution in [2.45, 2.75) is 25.7 Å². The molecule has 0 spiro atoms. The van der Waals surface area contributed by atoms with E-state index in [1.54, 1.807) is 47.4 Å². The van der Waals surface area contributed by atoms with Crippen LogP contribution in [0.4, 0.5) is 11.4 Å². The molecule has 0 unspecified atom stereocenters. The van der Waals surface area contributed by atoms with Gasteiger partial charge in [-0.1, -0.05) is 18.2 Å². The van der Waals surface area contributed by atoms with E-state index in [0.29, 0.717) is 23.7 Å². The predicted molar refractivity (Wildman–Crippen MR) is 110 cm³/mol. The van der Waals surface area contributed by atoms with Gasteiger partial charge in [0.05, 0.1) is 21.7 Å². The molecular formula is C21H24N2O4S. The lowest BCUT2D eigenvalue weighted by Gasteiger charge is -2.27. The third-order valence-corrected chi connectivity index (χ3v) is 5.91. The highest BCUT2D eigenvalue weighted by Crippen LogP contribution is 2.38. The maximum Gasteiger partial charge on any atom is 0.261 e. The molecule has 7 heteroatoms. The molecule has 0 radical (unpaired) electrons. The zero-order chi connectivity index (χ0) is 20.5. The highest BCUT2D eigenvalue weighted by molar-refractivity contribution is 7.92. The highest BCUT2D eigenvalue weighted by Gasteiger charge is 2.37. The number of rotatable bonds is 5. The smallest absolute Gasteiger partial charge is 0.261 e. The van der Waals surface area contributed by atoms with E-state index in [1.807, 2.05) is 26.8 Å². The summed E-state index contributed by atoms with van der Waals surface area (Å²) in [7, 11) is -3.73. The third-order valence-electron chi connectivity index (χ3n) is 4.53. The first kappa shape index (κ1) is 19.9. The molecule has 0 saturated carbocycles. The molecule has 1 N–H and O–H groups in total. The van der Waals surface area contributed by atoms with Gasteiger partial charge in [0, 0.05) is 12.6 Å². The number of nitrogens with one attached hydrogen (secondary N) is 1. The molecule has 0 aromatic heterocycles. The number of aryl methyl sites for hydroxylation is 1. The van der Waals surface area contributed by atoms with Gasteiger partial charge in [-0.2, -0.15) is 0 Å². The lowest BCUT2D eigenvalue weighted by atomic mass is 9.93. The Kier molecular flexibility index (Phi) is 5.21. The van der Waals surface area contributed by atoms with Crippen molar-refractivity contribution in [3.8, 4) is 5.75 Å². The fourth-order valence-corrected chi connectivity index (χ4v) is 4.17. The lowest BCUT2D eigenvalue weighted by molar-refractivity contribution is -0.127. The number of fused-ring (bicyclic) bond motifs is 1. The molecule has 1 heterocycles. The molecule has 0 saturated heterocycles. The Balaban J connectivity index is 1.96. The topological polar surface area (TPSA) is 75.7 Å². The molecule has 1 aliphatic heterocycles. The van der Waals surface area contributed by atoms with E-state index in [1.165, 1.54) is 0 Å². The van der Waals surface area contributed by atoms with Crippen LogP contribution in [0.1, 0.15) is 19.4 Å². The minimum Gasteiger partial charge on any atom is -0.490 e. The van der Waals surface area contributed by atoms with Crippen molar-refractivity contribution in [3.63, 3.8) is 0 Å². The lowest BCUT2D eigenvalue weighted by Crippen LogP contribution is -2.42. The van der Waals surface area contributed by atoms with Crippen LogP contribution in [0.3, 0.4) is 0 Å². The number of anilines is 2. The van der Waals surface area contributed by atoms with Gasteiger partial charge in [-0.05, 0) is 50.6 Å². The van der Waals surface area contributed by atoms with Crippen LogP contribution >= 0.6 is 0 Å². The van der Waals surface area contributed by atoms with E-state index >= 15 is 0 Å². The van der Waals surface area contributed by atoms with Crippen LogP contribution in [0.15, 0.2) is 60.0 Å². The standard InChI is InChI=1S/C21H24N2O4S/c1-5-11-23-18-10-9-16(13-19(18)27-14-21(3,4)20(23)24)22-28(25,26)17-8-6-7-15(2)12-17/h5-10,12-13,22H,1,11,14H2,2-4H3. The molecule has 2 aromatic rings. The summed E-state index contributed by atoms with van der Waals surface area (Å²) in [6.07, 6.45) is 1.65. The van der Waals surface area contributed by atoms with Crippen molar-refractivity contribution in [2.24, 2.45) is 5.41 Å². The molecule has 6 nitrogen and oxygen atoms in total. The zero-order valence-corrected chi connectivity index (χ0v) is 17.0. The van der Waals surface area contributed by atoms with Gasteiger partial charge in [0.15, 0.2) is 0 Å². The SMILES string of the molecule is C=CCN1C(=O)C(C)(C)COc2cc(NS(=O)(=O)c3cccc(C)c3)ccc21. The van der Waals surface area contributed by atoms with Gasteiger partial charge >= 0.3 is 0 Å². The normalized spacial score (nSPS) is 16.0. The van der Waals surface area contributed by atoms with E-state index in [4.69, 9.17) is 4.74 Å². The second-order valence-electron chi connectivity index (χ2n) is 7.48. The van der Waals surface area contributed by atoms with Crippen molar-refractivity contribution in [3.05, 3.63) is 60.7 Å². The van der Waals surface area contributed by atoms with E-state index in [0.717, 1.165) is 5.56 Å². The Labute approximate surface area is 165 Å². The Morgan fingerprint density at radius 1 is 1.25 bits per heavy atom. The average Bonchev–Trinajstić information content (AvgIpc) is 2.72. The van der Waals surface area contributed by atoms with Gasteiger partial charge in [0.25, 0.3) is 10.0 Å². The summed E-state index contributed by atoms with van der Waals surface area (Å²) in [5, 5.41) is 0. The number of ether oxygens (including phenoxy) is 1. The first-order valence-corrected chi connectivity index (χ1v) is 10.4. The third kappa shape index (κ3) is 3.89. The van der Waals surface area contributed by atoms with Crippen LogP contribution in [-0.4, -0.2) is 27.5 Å². The fraction of sp³-hybridized carbons (Fsp3) is 0.286. The fourth-order valence-electron chi connectivity index (χ4n) is 3.02. The van der Waals surface area contributed by atoms with Gasteiger partial charge in [0.2, 0.25) is 5.91 Å². The van der Waals surface area contributed by atoms with Gasteiger partial charge in [-0.3, -0.25) is 9.52 Å². The quantitative estimate of drug-likeness (QED) is 0.776.